The van der Waals surface area contributed by atoms with E-state index in [1.54, 1.807) is 33.1 Å². The van der Waals surface area contributed by atoms with Crippen LogP contribution < -0.4 is 10.5 Å². The number of hydrogen-bond donors (Lipinski definition) is 2. The van der Waals surface area contributed by atoms with Crippen molar-refractivity contribution in [2.45, 2.75) is 30.9 Å². The van der Waals surface area contributed by atoms with Crippen LogP contribution in [0.2, 0.25) is 0 Å². The largest absolute Gasteiger partial charge is 0.351 e. The van der Waals surface area contributed by atoms with E-state index < -0.39 is 26.7 Å². The lowest BCUT2D eigenvalue weighted by Gasteiger charge is -2.13. The van der Waals surface area contributed by atoms with E-state index in [0.29, 0.717) is 11.1 Å². The van der Waals surface area contributed by atoms with Gasteiger partial charge in [-0.05, 0) is 38.0 Å². The third kappa shape index (κ3) is 4.62. The van der Waals surface area contributed by atoms with Crippen molar-refractivity contribution in [3.05, 3.63) is 28.8 Å². The summed E-state index contributed by atoms with van der Waals surface area (Å²) in [6.45, 7) is 5.35. The molecule has 2 atom stereocenters. The van der Waals surface area contributed by atoms with Gasteiger partial charge in [-0.1, -0.05) is 6.07 Å². The number of sulfonamides is 1. The van der Waals surface area contributed by atoms with Crippen molar-refractivity contribution in [2.24, 2.45) is 5.14 Å². The highest BCUT2D eigenvalue weighted by molar-refractivity contribution is 7.89. The van der Waals surface area contributed by atoms with Gasteiger partial charge in [0.25, 0.3) is 5.91 Å². The Hall–Kier alpha value is -1.25. The topological polar surface area (TPSA) is 106 Å². The third-order valence-electron chi connectivity index (χ3n) is 3.19. The van der Waals surface area contributed by atoms with Crippen LogP contribution in [0, 0.1) is 13.8 Å². The summed E-state index contributed by atoms with van der Waals surface area (Å²) in [5.41, 5.74) is 1.40. The van der Waals surface area contributed by atoms with Gasteiger partial charge >= 0.3 is 0 Å². The molecule has 1 aromatic carbocycles. The Labute approximate surface area is 127 Å². The summed E-state index contributed by atoms with van der Waals surface area (Å²) < 4.78 is 34.3. The second-order valence-corrected chi connectivity index (χ2v) is 8.33. The smallest absolute Gasteiger partial charge is 0.251 e. The molecule has 0 aliphatic heterocycles. The predicted molar refractivity (Wildman–Crippen MR) is 83.2 cm³/mol. The molecule has 0 heterocycles. The minimum atomic E-state index is -3.88. The molecule has 6 nitrogen and oxygen atoms in total. The Kier molecular flexibility index (Phi) is 5.66. The van der Waals surface area contributed by atoms with Crippen molar-refractivity contribution in [3.8, 4) is 0 Å². The Bertz CT molecular complexity index is 684. The second-order valence-electron chi connectivity index (χ2n) is 5.00. The molecule has 0 aromatic heterocycles. The molecule has 0 fully saturated rings. The molecule has 0 bridgehead atoms. The third-order valence-corrected chi connectivity index (χ3v) is 5.54. The molecular formula is C13H20N2O4S2. The van der Waals surface area contributed by atoms with Gasteiger partial charge in [0.15, 0.2) is 0 Å². The van der Waals surface area contributed by atoms with E-state index in [1.807, 2.05) is 0 Å². The number of rotatable bonds is 5. The van der Waals surface area contributed by atoms with E-state index in [0.717, 1.165) is 0 Å². The first kappa shape index (κ1) is 17.8. The summed E-state index contributed by atoms with van der Waals surface area (Å²) in [5, 5.41) is 7.61. The summed E-state index contributed by atoms with van der Waals surface area (Å²) in [6.07, 6.45) is 1.56. The fourth-order valence-electron chi connectivity index (χ4n) is 1.83. The molecule has 118 valence electrons. The predicted octanol–water partition coefficient (Wildman–Crippen LogP) is 0.448. The van der Waals surface area contributed by atoms with Crippen LogP contribution in [0.4, 0.5) is 0 Å². The molecule has 1 aromatic rings. The Morgan fingerprint density at radius 3 is 2.38 bits per heavy atom. The van der Waals surface area contributed by atoms with Crippen LogP contribution in [0.15, 0.2) is 17.0 Å². The van der Waals surface area contributed by atoms with Crippen LogP contribution >= 0.6 is 0 Å². The zero-order valence-corrected chi connectivity index (χ0v) is 14.1. The number of benzene rings is 1. The summed E-state index contributed by atoms with van der Waals surface area (Å²) in [4.78, 5) is 12.1. The number of carbonyl (C=O) groups is 1. The quantitative estimate of drug-likeness (QED) is 0.816. The number of hydrogen-bond acceptors (Lipinski definition) is 4. The fraction of sp³-hybridized carbons (Fsp3) is 0.462. The molecule has 0 spiro atoms. The van der Waals surface area contributed by atoms with E-state index in [9.17, 15) is 17.4 Å². The molecule has 1 rings (SSSR count). The van der Waals surface area contributed by atoms with Gasteiger partial charge in [-0.3, -0.25) is 9.00 Å². The summed E-state index contributed by atoms with van der Waals surface area (Å²) in [7, 11) is -4.92. The highest BCUT2D eigenvalue weighted by atomic mass is 32.2. The number of amides is 1. The van der Waals surface area contributed by atoms with Gasteiger partial charge in [-0.25, -0.2) is 13.6 Å². The highest BCUT2D eigenvalue weighted by Gasteiger charge is 2.18. The van der Waals surface area contributed by atoms with Crippen molar-refractivity contribution in [2.75, 3.05) is 12.8 Å². The monoisotopic (exact) mass is 332 g/mol. The van der Waals surface area contributed by atoms with Crippen LogP contribution in [0.3, 0.4) is 0 Å². The Balaban J connectivity index is 3.08. The number of nitrogens with one attached hydrogen (secondary N) is 1. The molecule has 2 unspecified atom stereocenters. The zero-order chi connectivity index (χ0) is 16.4. The number of aryl methyl sites for hydroxylation is 2. The molecule has 0 aliphatic rings. The van der Waals surface area contributed by atoms with Gasteiger partial charge in [-0.2, -0.15) is 0 Å². The molecular weight excluding hydrogens is 312 g/mol. The first-order valence-electron chi connectivity index (χ1n) is 6.28. The van der Waals surface area contributed by atoms with Crippen LogP contribution in [0.1, 0.15) is 28.4 Å². The maximum absolute atomic E-state index is 12.1. The molecule has 3 N–H and O–H groups in total. The summed E-state index contributed by atoms with van der Waals surface area (Å²) >= 11 is 0. The molecule has 8 heteroatoms. The van der Waals surface area contributed by atoms with Crippen molar-refractivity contribution >= 4 is 26.7 Å². The lowest BCUT2D eigenvalue weighted by Crippen LogP contribution is -2.33. The summed E-state index contributed by atoms with van der Waals surface area (Å²) in [5.74, 6) is -0.408. The highest BCUT2D eigenvalue weighted by Crippen LogP contribution is 2.19. The van der Waals surface area contributed by atoms with E-state index in [4.69, 9.17) is 5.14 Å². The average molecular weight is 332 g/mol. The van der Waals surface area contributed by atoms with E-state index in [2.05, 4.69) is 5.32 Å². The van der Waals surface area contributed by atoms with Crippen LogP contribution in [0.25, 0.3) is 0 Å². The Morgan fingerprint density at radius 1 is 1.33 bits per heavy atom. The standard InChI is InChI=1S/C13H20N2O4S2/c1-8-5-9(2)12(21(14,18)19)6-11(8)13(16)15-7-10(3)20(4)17/h5-6,10H,7H2,1-4H3,(H,15,16)(H2,14,18,19). The van der Waals surface area contributed by atoms with E-state index in [-0.39, 0.29) is 22.3 Å². The molecule has 0 radical (unpaired) electrons. The molecule has 0 aliphatic carbocycles. The van der Waals surface area contributed by atoms with E-state index >= 15 is 0 Å². The minimum absolute atomic E-state index is 0.0645. The van der Waals surface area contributed by atoms with Gasteiger partial charge in [0.05, 0.1) is 4.90 Å². The van der Waals surface area contributed by atoms with Gasteiger partial charge < -0.3 is 5.32 Å². The van der Waals surface area contributed by atoms with Gasteiger partial charge in [-0.15, -0.1) is 0 Å². The van der Waals surface area contributed by atoms with Crippen LogP contribution in [0.5, 0.6) is 0 Å². The molecule has 0 saturated carbocycles. The van der Waals surface area contributed by atoms with Gasteiger partial charge in [0.1, 0.15) is 0 Å². The lowest BCUT2D eigenvalue weighted by atomic mass is 10.1. The van der Waals surface area contributed by atoms with Crippen LogP contribution in [-0.2, 0) is 20.8 Å². The van der Waals surface area contributed by atoms with Gasteiger partial charge in [0.2, 0.25) is 10.0 Å². The fourth-order valence-corrected chi connectivity index (χ4v) is 2.94. The average Bonchev–Trinajstić information content (AvgIpc) is 2.33. The first-order chi connectivity index (χ1) is 9.54. The Morgan fingerprint density at radius 2 is 1.90 bits per heavy atom. The van der Waals surface area contributed by atoms with Crippen molar-refractivity contribution in [1.82, 2.24) is 5.32 Å². The van der Waals surface area contributed by atoms with Crippen molar-refractivity contribution in [1.29, 1.82) is 0 Å². The first-order valence-corrected chi connectivity index (χ1v) is 9.45. The maximum Gasteiger partial charge on any atom is 0.251 e. The second kappa shape index (κ2) is 6.67. The number of carbonyl (C=O) groups excluding carboxylic acids is 1. The van der Waals surface area contributed by atoms with Crippen molar-refractivity contribution < 1.29 is 17.4 Å². The SMILES string of the molecule is Cc1cc(C)c(S(N)(=O)=O)cc1C(=O)NCC(C)S(C)=O. The lowest BCUT2D eigenvalue weighted by molar-refractivity contribution is 0.0953. The minimum Gasteiger partial charge on any atom is -0.351 e. The number of primary sulfonamides is 1. The molecule has 21 heavy (non-hydrogen) atoms. The normalized spacial score (nSPS) is 14.5. The molecule has 1 amide bonds. The zero-order valence-electron chi connectivity index (χ0n) is 12.5. The summed E-state index contributed by atoms with van der Waals surface area (Å²) in [6, 6.07) is 2.89. The molecule has 0 saturated heterocycles. The van der Waals surface area contributed by atoms with Gasteiger partial charge in [0, 0.05) is 34.4 Å². The van der Waals surface area contributed by atoms with Crippen LogP contribution in [-0.4, -0.2) is 36.6 Å². The van der Waals surface area contributed by atoms with E-state index in [1.165, 1.54) is 6.07 Å². The maximum atomic E-state index is 12.1. The number of nitrogens with two attached hydrogens (primary N) is 1. The van der Waals surface area contributed by atoms with Crippen molar-refractivity contribution in [3.63, 3.8) is 0 Å².